The highest BCUT2D eigenvalue weighted by atomic mass is 19.4. The van der Waals surface area contributed by atoms with Gasteiger partial charge in [-0.05, 0) is 6.07 Å². The Morgan fingerprint density at radius 3 is 2.32 bits per heavy atom. The van der Waals surface area contributed by atoms with Crippen LogP contribution in [0.5, 0.6) is 0 Å². The highest BCUT2D eigenvalue weighted by Crippen LogP contribution is 2.41. The van der Waals surface area contributed by atoms with Gasteiger partial charge in [0.2, 0.25) is 0 Å². The quantitative estimate of drug-likeness (QED) is 0.784. The lowest BCUT2D eigenvalue weighted by Gasteiger charge is -2.23. The third-order valence-electron chi connectivity index (χ3n) is 2.82. The molecule has 0 atom stereocenters. The van der Waals surface area contributed by atoms with E-state index in [4.69, 9.17) is 0 Å². The molecule has 2 rings (SSSR count). The second kappa shape index (κ2) is 4.43. The van der Waals surface area contributed by atoms with Gasteiger partial charge in [0.1, 0.15) is 6.33 Å². The predicted octanol–water partition coefficient (Wildman–Crippen LogP) is 3.29. The average Bonchev–Trinajstić information content (AvgIpc) is 2.74. The van der Waals surface area contributed by atoms with Crippen molar-refractivity contribution in [3.8, 4) is 0 Å². The standard InChI is InChI=1S/C13H14F3N3/c1-12(2,3)11-10(13(14,15)16)8(6-18-11)9-4-5-17-7-19-9/h4-5,7H,6H2,1-3H3. The summed E-state index contributed by atoms with van der Waals surface area (Å²) >= 11 is 0. The van der Waals surface area contributed by atoms with Crippen LogP contribution in [-0.4, -0.2) is 28.4 Å². The number of halogens is 3. The molecule has 3 nitrogen and oxygen atoms in total. The topological polar surface area (TPSA) is 38.1 Å². The minimum Gasteiger partial charge on any atom is -0.284 e. The zero-order chi connectivity index (χ0) is 14.3. The fourth-order valence-electron chi connectivity index (χ4n) is 2.05. The second-order valence-electron chi connectivity index (χ2n) is 5.36. The number of nitrogens with zero attached hydrogens (tertiary/aromatic N) is 3. The molecule has 0 fully saturated rings. The summed E-state index contributed by atoms with van der Waals surface area (Å²) in [6.45, 7) is 5.18. The fraction of sp³-hybridized carbons (Fsp3) is 0.462. The molecule has 0 amide bonds. The van der Waals surface area contributed by atoms with Crippen molar-refractivity contribution in [2.24, 2.45) is 10.4 Å². The van der Waals surface area contributed by atoms with E-state index < -0.39 is 17.2 Å². The van der Waals surface area contributed by atoms with Gasteiger partial charge in [-0.25, -0.2) is 9.97 Å². The minimum absolute atomic E-state index is 0.0124. The number of alkyl halides is 3. The van der Waals surface area contributed by atoms with Gasteiger partial charge in [0.25, 0.3) is 0 Å². The monoisotopic (exact) mass is 269 g/mol. The maximum Gasteiger partial charge on any atom is 0.418 e. The Morgan fingerprint density at radius 2 is 1.84 bits per heavy atom. The Hall–Kier alpha value is -1.72. The first-order valence-electron chi connectivity index (χ1n) is 5.83. The first-order valence-corrected chi connectivity index (χ1v) is 5.83. The van der Waals surface area contributed by atoms with Crippen molar-refractivity contribution in [2.45, 2.75) is 26.9 Å². The van der Waals surface area contributed by atoms with E-state index in [9.17, 15) is 13.2 Å². The molecule has 6 heteroatoms. The van der Waals surface area contributed by atoms with Crippen LogP contribution in [0.15, 0.2) is 29.2 Å². The van der Waals surface area contributed by atoms with Gasteiger partial charge < -0.3 is 0 Å². The lowest BCUT2D eigenvalue weighted by molar-refractivity contribution is -0.0859. The van der Waals surface area contributed by atoms with Crippen molar-refractivity contribution in [1.29, 1.82) is 0 Å². The summed E-state index contributed by atoms with van der Waals surface area (Å²) in [5.41, 5.74) is -0.808. The highest BCUT2D eigenvalue weighted by molar-refractivity contribution is 6.13. The number of rotatable bonds is 1. The summed E-state index contributed by atoms with van der Waals surface area (Å²) < 4.78 is 39.9. The Balaban J connectivity index is 2.58. The predicted molar refractivity (Wildman–Crippen MR) is 66.8 cm³/mol. The average molecular weight is 269 g/mol. The largest absolute Gasteiger partial charge is 0.418 e. The lowest BCUT2D eigenvalue weighted by Crippen LogP contribution is -2.29. The van der Waals surface area contributed by atoms with Crippen LogP contribution in [0.2, 0.25) is 0 Å². The zero-order valence-electron chi connectivity index (χ0n) is 10.9. The van der Waals surface area contributed by atoms with Gasteiger partial charge in [-0.3, -0.25) is 4.99 Å². The van der Waals surface area contributed by atoms with Gasteiger partial charge in [0.15, 0.2) is 0 Å². The Kier molecular flexibility index (Phi) is 3.20. The minimum atomic E-state index is -4.43. The summed E-state index contributed by atoms with van der Waals surface area (Å²) in [4.78, 5) is 11.7. The Bertz CT molecular complexity index is 536. The Labute approximate surface area is 109 Å². The molecule has 0 aliphatic carbocycles. The second-order valence-corrected chi connectivity index (χ2v) is 5.36. The van der Waals surface area contributed by atoms with Gasteiger partial charge in [-0.1, -0.05) is 20.8 Å². The molecule has 1 aliphatic rings. The summed E-state index contributed by atoms with van der Waals surface area (Å²) in [6, 6.07) is 1.47. The van der Waals surface area contributed by atoms with E-state index in [1.807, 2.05) is 0 Å². The van der Waals surface area contributed by atoms with Crippen LogP contribution in [0, 0.1) is 5.41 Å². The summed E-state index contributed by atoms with van der Waals surface area (Å²) in [5.74, 6) is 0. The van der Waals surface area contributed by atoms with Crippen molar-refractivity contribution in [2.75, 3.05) is 6.54 Å². The molecule has 0 spiro atoms. The molecular weight excluding hydrogens is 255 g/mol. The van der Waals surface area contributed by atoms with Crippen LogP contribution < -0.4 is 0 Å². The fourth-order valence-corrected chi connectivity index (χ4v) is 2.05. The number of aromatic nitrogens is 2. The summed E-state index contributed by atoms with van der Waals surface area (Å²) in [6.07, 6.45) is -1.76. The van der Waals surface area contributed by atoms with Gasteiger partial charge in [0, 0.05) is 17.2 Å². The number of hydrogen-bond donors (Lipinski definition) is 0. The molecule has 1 aliphatic heterocycles. The molecule has 0 saturated carbocycles. The molecule has 0 unspecified atom stereocenters. The highest BCUT2D eigenvalue weighted by Gasteiger charge is 2.45. The maximum atomic E-state index is 13.3. The molecule has 102 valence electrons. The van der Waals surface area contributed by atoms with Crippen molar-refractivity contribution in [1.82, 2.24) is 9.97 Å². The number of hydrogen-bond acceptors (Lipinski definition) is 3. The smallest absolute Gasteiger partial charge is 0.284 e. The molecule has 1 aromatic rings. The molecule has 0 saturated heterocycles. The van der Waals surface area contributed by atoms with Gasteiger partial charge in [-0.2, -0.15) is 13.2 Å². The van der Waals surface area contributed by atoms with Crippen molar-refractivity contribution in [3.05, 3.63) is 29.9 Å². The van der Waals surface area contributed by atoms with Crippen LogP contribution in [0.4, 0.5) is 13.2 Å². The molecule has 19 heavy (non-hydrogen) atoms. The van der Waals surface area contributed by atoms with Gasteiger partial charge in [0.05, 0.1) is 23.5 Å². The van der Waals surface area contributed by atoms with Crippen molar-refractivity contribution >= 4 is 11.3 Å². The number of aliphatic imine (C=N–C) groups is 1. The first kappa shape index (κ1) is 13.7. The molecule has 0 aromatic carbocycles. The van der Waals surface area contributed by atoms with E-state index in [1.54, 1.807) is 20.8 Å². The van der Waals surface area contributed by atoms with Crippen LogP contribution in [0.3, 0.4) is 0 Å². The van der Waals surface area contributed by atoms with Crippen LogP contribution in [0.25, 0.3) is 5.57 Å². The SMILES string of the molecule is CC(C)(C)C1=NCC(c2ccncn2)=C1C(F)(F)F. The first-order chi connectivity index (χ1) is 8.71. The molecule has 0 bridgehead atoms. The third kappa shape index (κ3) is 2.67. The molecule has 1 aromatic heterocycles. The van der Waals surface area contributed by atoms with Crippen molar-refractivity contribution < 1.29 is 13.2 Å². The zero-order valence-corrected chi connectivity index (χ0v) is 10.9. The van der Waals surface area contributed by atoms with Crippen molar-refractivity contribution in [3.63, 3.8) is 0 Å². The van der Waals surface area contributed by atoms with E-state index >= 15 is 0 Å². The van der Waals surface area contributed by atoms with Crippen LogP contribution >= 0.6 is 0 Å². The van der Waals surface area contributed by atoms with E-state index in [2.05, 4.69) is 15.0 Å². The Morgan fingerprint density at radius 1 is 1.16 bits per heavy atom. The van der Waals surface area contributed by atoms with E-state index in [1.165, 1.54) is 18.6 Å². The summed E-state index contributed by atoms with van der Waals surface area (Å²) in [5, 5.41) is 0. The van der Waals surface area contributed by atoms with Gasteiger partial charge in [-0.15, -0.1) is 0 Å². The van der Waals surface area contributed by atoms with E-state index in [0.29, 0.717) is 0 Å². The molecule has 2 heterocycles. The lowest BCUT2D eigenvalue weighted by atomic mass is 9.84. The van der Waals surface area contributed by atoms with Gasteiger partial charge >= 0.3 is 6.18 Å². The van der Waals surface area contributed by atoms with E-state index in [0.717, 1.165) is 0 Å². The molecular formula is C13H14F3N3. The van der Waals surface area contributed by atoms with E-state index in [-0.39, 0.29) is 23.5 Å². The molecule has 0 radical (unpaired) electrons. The molecule has 0 N–H and O–H groups in total. The number of allylic oxidation sites excluding steroid dienone is 1. The third-order valence-corrected chi connectivity index (χ3v) is 2.82. The van der Waals surface area contributed by atoms with Crippen LogP contribution in [-0.2, 0) is 0 Å². The van der Waals surface area contributed by atoms with Crippen LogP contribution in [0.1, 0.15) is 26.5 Å². The normalized spacial score (nSPS) is 16.8. The summed E-state index contributed by atoms with van der Waals surface area (Å²) in [7, 11) is 0. The maximum absolute atomic E-state index is 13.3.